The number of carbonyl (C=O) groups excluding carboxylic acids is 1. The number of rotatable bonds is 4. The standard InChI is InChI=1S/C18H16ClF3N4O2.ClH/c1-9-4-10(19)6-24-15(9)16(27)25-11-2-3-13(20)12(5-11)18(17(21)22)8-28-7-14(23)26-18;/h2-6,17H,7-8H2,1H3,(H2,23,26)(H,25,27);1H/t18-;/m0./s1/i1D3,4D,6D;. The SMILES string of the molecule is Cl.[2H]c1nc(C(=O)Nc2ccc(F)c([C@]3(C(F)F)COCC(N)=N3)c2)c(C([2H])([2H])[2H])c([2H])c1Cl. The molecule has 2 aromatic rings. The number of pyridine rings is 1. The summed E-state index contributed by atoms with van der Waals surface area (Å²) in [6, 6.07) is 1.96. The lowest BCUT2D eigenvalue weighted by Crippen LogP contribution is -2.45. The first-order chi connectivity index (χ1) is 15.3. The average molecular weight is 454 g/mol. The molecule has 1 aliphatic rings. The first-order valence-electron chi connectivity index (χ1n) is 10.3. The first-order valence-corrected chi connectivity index (χ1v) is 8.14. The van der Waals surface area contributed by atoms with Crippen LogP contribution in [0.4, 0.5) is 18.9 Å². The summed E-state index contributed by atoms with van der Waals surface area (Å²) >= 11 is 5.74. The summed E-state index contributed by atoms with van der Waals surface area (Å²) < 4.78 is 85.8. The van der Waals surface area contributed by atoms with Gasteiger partial charge in [0.2, 0.25) is 0 Å². The molecule has 0 fully saturated rings. The Hall–Kier alpha value is -2.36. The van der Waals surface area contributed by atoms with Gasteiger partial charge in [-0.1, -0.05) is 11.6 Å². The molecule has 6 nitrogen and oxygen atoms in total. The molecule has 3 N–H and O–H groups in total. The minimum atomic E-state index is -3.21. The molecule has 0 unspecified atom stereocenters. The highest BCUT2D eigenvalue weighted by atomic mass is 35.5. The van der Waals surface area contributed by atoms with Crippen molar-refractivity contribution in [3.8, 4) is 0 Å². The predicted molar refractivity (Wildman–Crippen MR) is 106 cm³/mol. The number of amides is 1. The molecule has 0 radical (unpaired) electrons. The summed E-state index contributed by atoms with van der Waals surface area (Å²) in [6.07, 6.45) is -3.92. The van der Waals surface area contributed by atoms with Crippen LogP contribution in [-0.4, -0.2) is 36.4 Å². The van der Waals surface area contributed by atoms with Gasteiger partial charge in [0.15, 0.2) is 5.54 Å². The van der Waals surface area contributed by atoms with Gasteiger partial charge in [0.1, 0.15) is 24.0 Å². The minimum absolute atomic E-state index is 0. The van der Waals surface area contributed by atoms with Crippen molar-refractivity contribution in [2.75, 3.05) is 18.5 Å². The molecule has 1 aromatic heterocycles. The number of hydrogen-bond acceptors (Lipinski definition) is 5. The Bertz CT molecular complexity index is 1150. The lowest BCUT2D eigenvalue weighted by atomic mass is 9.90. The highest BCUT2D eigenvalue weighted by Gasteiger charge is 2.46. The maximum Gasteiger partial charge on any atom is 0.274 e. The fraction of sp³-hybridized carbons (Fsp3) is 0.278. The Labute approximate surface area is 182 Å². The number of aromatic nitrogens is 1. The Morgan fingerprint density at radius 2 is 2.28 bits per heavy atom. The van der Waals surface area contributed by atoms with Crippen LogP contribution in [0.15, 0.2) is 35.4 Å². The van der Waals surface area contributed by atoms with Crippen LogP contribution in [0.3, 0.4) is 0 Å². The van der Waals surface area contributed by atoms with Gasteiger partial charge in [-0.25, -0.2) is 18.2 Å². The van der Waals surface area contributed by atoms with E-state index in [-0.39, 0.29) is 30.5 Å². The molecule has 1 aromatic carbocycles. The fourth-order valence-corrected chi connectivity index (χ4v) is 2.78. The Balaban J connectivity index is 0.00000408. The number of amidine groups is 1. The van der Waals surface area contributed by atoms with Crippen LogP contribution in [0, 0.1) is 12.7 Å². The van der Waals surface area contributed by atoms with Crippen molar-refractivity contribution in [2.45, 2.75) is 18.8 Å². The van der Waals surface area contributed by atoms with Gasteiger partial charge in [-0.2, -0.15) is 0 Å². The summed E-state index contributed by atoms with van der Waals surface area (Å²) in [6.45, 7) is -3.86. The number of anilines is 1. The number of nitrogens with zero attached hydrogens (tertiary/aromatic N) is 2. The van der Waals surface area contributed by atoms with Crippen LogP contribution in [0.2, 0.25) is 5.02 Å². The quantitative estimate of drug-likeness (QED) is 0.738. The normalized spacial score (nSPS) is 21.7. The van der Waals surface area contributed by atoms with E-state index in [0.717, 1.165) is 18.2 Å². The van der Waals surface area contributed by atoms with Crippen molar-refractivity contribution in [2.24, 2.45) is 10.7 Å². The lowest BCUT2D eigenvalue weighted by molar-refractivity contribution is -0.0145. The Morgan fingerprint density at radius 1 is 1.52 bits per heavy atom. The van der Waals surface area contributed by atoms with Crippen molar-refractivity contribution in [1.82, 2.24) is 4.98 Å². The molecule has 3 rings (SSSR count). The number of halogens is 5. The lowest BCUT2D eigenvalue weighted by Gasteiger charge is -2.33. The zero-order valence-electron chi connectivity index (χ0n) is 19.4. The highest BCUT2D eigenvalue weighted by molar-refractivity contribution is 6.30. The molecule has 0 spiro atoms. The molecule has 0 saturated heterocycles. The topological polar surface area (TPSA) is 89.6 Å². The average Bonchev–Trinajstić information content (AvgIpc) is 2.71. The molecule has 1 amide bonds. The molecule has 11 heteroatoms. The van der Waals surface area contributed by atoms with Gasteiger partial charge in [-0.15, -0.1) is 12.4 Å². The molecule has 1 atom stereocenters. The van der Waals surface area contributed by atoms with E-state index >= 15 is 0 Å². The van der Waals surface area contributed by atoms with E-state index in [1.54, 1.807) is 0 Å². The second kappa shape index (κ2) is 8.98. The van der Waals surface area contributed by atoms with Crippen molar-refractivity contribution in [3.05, 3.63) is 58.1 Å². The van der Waals surface area contributed by atoms with E-state index in [4.69, 9.17) is 28.9 Å². The number of aliphatic imine (C=N–C) groups is 1. The van der Waals surface area contributed by atoms with Crippen LogP contribution in [-0.2, 0) is 10.3 Å². The van der Waals surface area contributed by atoms with E-state index in [1.807, 2.05) is 0 Å². The molecule has 0 saturated carbocycles. The largest absolute Gasteiger partial charge is 0.385 e. The summed E-state index contributed by atoms with van der Waals surface area (Å²) in [4.78, 5) is 20.1. The van der Waals surface area contributed by atoms with Gasteiger partial charge in [-0.05, 0) is 36.7 Å². The Morgan fingerprint density at radius 3 is 2.93 bits per heavy atom. The van der Waals surface area contributed by atoms with Gasteiger partial charge in [0.25, 0.3) is 12.3 Å². The molecular weight excluding hydrogens is 432 g/mol. The number of nitrogens with one attached hydrogen (secondary N) is 1. The van der Waals surface area contributed by atoms with Gasteiger partial charge >= 0.3 is 0 Å². The third-order valence-corrected chi connectivity index (χ3v) is 4.10. The van der Waals surface area contributed by atoms with Crippen LogP contribution < -0.4 is 11.1 Å². The van der Waals surface area contributed by atoms with Crippen LogP contribution >= 0.6 is 24.0 Å². The monoisotopic (exact) mass is 453 g/mol. The highest BCUT2D eigenvalue weighted by Crippen LogP contribution is 2.38. The first kappa shape index (κ1) is 16.4. The van der Waals surface area contributed by atoms with E-state index < -0.39 is 71.2 Å². The predicted octanol–water partition coefficient (Wildman–Crippen LogP) is 3.70. The number of nitrogens with two attached hydrogens (primary N) is 1. The smallest absolute Gasteiger partial charge is 0.274 e. The van der Waals surface area contributed by atoms with Gasteiger partial charge in [0, 0.05) is 21.5 Å². The number of hydrogen-bond donors (Lipinski definition) is 2. The molecule has 1 aliphatic heterocycles. The molecular formula is C18H17Cl2F3N4O2. The second-order valence-corrected chi connectivity index (χ2v) is 6.23. The summed E-state index contributed by atoms with van der Waals surface area (Å²) in [7, 11) is 0. The maximum absolute atomic E-state index is 14.6. The van der Waals surface area contributed by atoms with Crippen molar-refractivity contribution < 1.29 is 29.6 Å². The minimum Gasteiger partial charge on any atom is -0.385 e. The van der Waals surface area contributed by atoms with Gasteiger partial charge in [-0.3, -0.25) is 9.79 Å². The van der Waals surface area contributed by atoms with Gasteiger partial charge in [0.05, 0.1) is 14.4 Å². The maximum atomic E-state index is 14.6. The van der Waals surface area contributed by atoms with E-state index in [9.17, 15) is 18.0 Å². The van der Waals surface area contributed by atoms with Crippen molar-refractivity contribution in [3.63, 3.8) is 0 Å². The van der Waals surface area contributed by atoms with Crippen LogP contribution in [0.5, 0.6) is 0 Å². The molecule has 156 valence electrons. The number of alkyl halides is 2. The fourth-order valence-electron chi connectivity index (χ4n) is 2.65. The van der Waals surface area contributed by atoms with Crippen LogP contribution in [0.1, 0.15) is 28.5 Å². The molecule has 0 bridgehead atoms. The van der Waals surface area contributed by atoms with Crippen LogP contribution in [0.25, 0.3) is 0 Å². The van der Waals surface area contributed by atoms with E-state index in [2.05, 4.69) is 15.3 Å². The Kier molecular flexibility index (Phi) is 5.09. The number of ether oxygens (including phenoxy) is 1. The number of carbonyl (C=O) groups is 1. The second-order valence-electron chi connectivity index (χ2n) is 5.86. The summed E-state index contributed by atoms with van der Waals surface area (Å²) in [5.74, 6) is -2.51. The third kappa shape index (κ3) is 4.63. The van der Waals surface area contributed by atoms with Crippen molar-refractivity contribution >= 4 is 41.4 Å². The molecule has 0 aliphatic carbocycles. The summed E-state index contributed by atoms with van der Waals surface area (Å²) in [5, 5.41) is 1.66. The van der Waals surface area contributed by atoms with E-state index in [0.29, 0.717) is 0 Å². The third-order valence-electron chi connectivity index (χ3n) is 3.92. The molecule has 29 heavy (non-hydrogen) atoms. The van der Waals surface area contributed by atoms with Crippen molar-refractivity contribution in [1.29, 1.82) is 0 Å². The number of benzene rings is 1. The zero-order valence-corrected chi connectivity index (χ0v) is 16.0. The summed E-state index contributed by atoms with van der Waals surface area (Å²) in [5.41, 5.74) is 0.657. The molecule has 2 heterocycles. The zero-order chi connectivity index (χ0) is 24.7. The van der Waals surface area contributed by atoms with Gasteiger partial charge < -0.3 is 15.8 Å². The van der Waals surface area contributed by atoms with E-state index in [1.165, 1.54) is 0 Å².